The van der Waals surface area contributed by atoms with Crippen molar-refractivity contribution in [2.24, 2.45) is 5.73 Å². The standard InChI is InChI=1S/C14H13BrClNO/c1-9-2-5-12(16)7-13(9)18-14-6-11(15)4-3-10(14)8-17/h2-7H,8,17H2,1H3. The zero-order chi connectivity index (χ0) is 13.1. The van der Waals surface area contributed by atoms with Crippen molar-refractivity contribution in [2.75, 3.05) is 0 Å². The summed E-state index contributed by atoms with van der Waals surface area (Å²) in [5, 5.41) is 0.653. The normalized spacial score (nSPS) is 10.4. The van der Waals surface area contributed by atoms with Crippen LogP contribution in [-0.4, -0.2) is 0 Å². The second-order valence-electron chi connectivity index (χ2n) is 3.97. The Morgan fingerprint density at radius 2 is 1.94 bits per heavy atom. The predicted molar refractivity (Wildman–Crippen MR) is 78.3 cm³/mol. The van der Waals surface area contributed by atoms with Gasteiger partial charge in [0, 0.05) is 21.6 Å². The van der Waals surface area contributed by atoms with Crippen LogP contribution in [0.3, 0.4) is 0 Å². The van der Waals surface area contributed by atoms with E-state index in [-0.39, 0.29) is 0 Å². The van der Waals surface area contributed by atoms with Gasteiger partial charge in [-0.1, -0.05) is 39.7 Å². The Balaban J connectivity index is 2.38. The number of benzene rings is 2. The molecule has 2 nitrogen and oxygen atoms in total. The first-order valence-electron chi connectivity index (χ1n) is 5.52. The van der Waals surface area contributed by atoms with Gasteiger partial charge >= 0.3 is 0 Å². The minimum atomic E-state index is 0.433. The van der Waals surface area contributed by atoms with Crippen molar-refractivity contribution in [2.45, 2.75) is 13.5 Å². The quantitative estimate of drug-likeness (QED) is 0.890. The number of ether oxygens (including phenoxy) is 1. The van der Waals surface area contributed by atoms with Gasteiger partial charge in [0.1, 0.15) is 11.5 Å². The van der Waals surface area contributed by atoms with Crippen molar-refractivity contribution in [1.82, 2.24) is 0 Å². The first kappa shape index (κ1) is 13.4. The Kier molecular flexibility index (Phi) is 4.27. The van der Waals surface area contributed by atoms with Gasteiger partial charge in [0.2, 0.25) is 0 Å². The number of aryl methyl sites for hydroxylation is 1. The highest BCUT2D eigenvalue weighted by Gasteiger charge is 2.07. The lowest BCUT2D eigenvalue weighted by Gasteiger charge is -2.12. The Morgan fingerprint density at radius 3 is 2.67 bits per heavy atom. The molecule has 0 aliphatic rings. The molecule has 0 spiro atoms. The number of hydrogen-bond acceptors (Lipinski definition) is 2. The summed E-state index contributed by atoms with van der Waals surface area (Å²) in [6.45, 7) is 2.41. The molecule has 94 valence electrons. The van der Waals surface area contributed by atoms with E-state index in [9.17, 15) is 0 Å². The van der Waals surface area contributed by atoms with E-state index in [1.165, 1.54) is 0 Å². The Morgan fingerprint density at radius 1 is 1.17 bits per heavy atom. The summed E-state index contributed by atoms with van der Waals surface area (Å²) in [5.74, 6) is 1.49. The summed E-state index contributed by atoms with van der Waals surface area (Å²) in [6.07, 6.45) is 0. The summed E-state index contributed by atoms with van der Waals surface area (Å²) >= 11 is 9.40. The first-order chi connectivity index (χ1) is 8.60. The van der Waals surface area contributed by atoms with Gasteiger partial charge in [-0.2, -0.15) is 0 Å². The van der Waals surface area contributed by atoms with Gasteiger partial charge in [-0.05, 0) is 36.8 Å². The molecule has 2 aromatic carbocycles. The van der Waals surface area contributed by atoms with Crippen molar-refractivity contribution in [3.63, 3.8) is 0 Å². The Labute approximate surface area is 120 Å². The molecule has 2 rings (SSSR count). The van der Waals surface area contributed by atoms with Crippen LogP contribution in [-0.2, 0) is 6.54 Å². The van der Waals surface area contributed by atoms with Gasteiger partial charge in [-0.3, -0.25) is 0 Å². The zero-order valence-electron chi connectivity index (χ0n) is 9.91. The molecule has 0 saturated carbocycles. The lowest BCUT2D eigenvalue weighted by Crippen LogP contribution is -1.99. The monoisotopic (exact) mass is 325 g/mol. The molecule has 0 saturated heterocycles. The lowest BCUT2D eigenvalue weighted by atomic mass is 10.2. The maximum atomic E-state index is 5.97. The minimum Gasteiger partial charge on any atom is -0.457 e. The molecule has 0 radical (unpaired) electrons. The molecule has 0 bridgehead atoms. The van der Waals surface area contributed by atoms with E-state index in [0.29, 0.717) is 11.6 Å². The van der Waals surface area contributed by atoms with Gasteiger partial charge < -0.3 is 10.5 Å². The van der Waals surface area contributed by atoms with Gasteiger partial charge in [0.25, 0.3) is 0 Å². The van der Waals surface area contributed by atoms with Crippen LogP contribution in [0.15, 0.2) is 40.9 Å². The molecule has 4 heteroatoms. The number of hydrogen-bond donors (Lipinski definition) is 1. The maximum Gasteiger partial charge on any atom is 0.133 e. The summed E-state index contributed by atoms with van der Waals surface area (Å²) in [7, 11) is 0. The molecule has 0 fully saturated rings. The predicted octanol–water partition coefficient (Wildman–Crippen LogP) is 4.66. The molecule has 0 aliphatic carbocycles. The van der Waals surface area contributed by atoms with Gasteiger partial charge in [-0.25, -0.2) is 0 Å². The molecule has 0 aromatic heterocycles. The maximum absolute atomic E-state index is 5.97. The van der Waals surface area contributed by atoms with Crippen molar-refractivity contribution < 1.29 is 4.74 Å². The smallest absolute Gasteiger partial charge is 0.133 e. The number of halogens is 2. The van der Waals surface area contributed by atoms with Crippen LogP contribution in [0.5, 0.6) is 11.5 Å². The Bertz CT molecular complexity index is 572. The summed E-state index contributed by atoms with van der Waals surface area (Å²) in [4.78, 5) is 0. The topological polar surface area (TPSA) is 35.2 Å². The van der Waals surface area contributed by atoms with Gasteiger partial charge in [-0.15, -0.1) is 0 Å². The molecular weight excluding hydrogens is 314 g/mol. The third kappa shape index (κ3) is 3.05. The molecule has 0 heterocycles. The van der Waals surface area contributed by atoms with Gasteiger partial charge in [0.15, 0.2) is 0 Å². The van der Waals surface area contributed by atoms with Gasteiger partial charge in [0.05, 0.1) is 0 Å². The van der Waals surface area contributed by atoms with E-state index >= 15 is 0 Å². The van der Waals surface area contributed by atoms with Crippen LogP contribution in [0.2, 0.25) is 5.02 Å². The van der Waals surface area contributed by atoms with E-state index in [2.05, 4.69) is 15.9 Å². The van der Waals surface area contributed by atoms with Crippen molar-refractivity contribution in [3.05, 3.63) is 57.0 Å². The van der Waals surface area contributed by atoms with Crippen LogP contribution in [0.4, 0.5) is 0 Å². The number of nitrogens with two attached hydrogens (primary N) is 1. The molecule has 18 heavy (non-hydrogen) atoms. The summed E-state index contributed by atoms with van der Waals surface area (Å²) in [5.41, 5.74) is 7.69. The molecule has 0 unspecified atom stereocenters. The molecule has 0 atom stereocenters. The fourth-order valence-corrected chi connectivity index (χ4v) is 2.10. The van der Waals surface area contributed by atoms with Crippen molar-refractivity contribution >= 4 is 27.5 Å². The highest BCUT2D eigenvalue weighted by molar-refractivity contribution is 9.10. The van der Waals surface area contributed by atoms with Crippen LogP contribution < -0.4 is 10.5 Å². The molecule has 2 N–H and O–H groups in total. The van der Waals surface area contributed by atoms with E-state index in [1.54, 1.807) is 6.07 Å². The third-order valence-corrected chi connectivity index (χ3v) is 3.35. The average Bonchev–Trinajstić information content (AvgIpc) is 2.34. The summed E-state index contributed by atoms with van der Waals surface area (Å²) < 4.78 is 6.85. The van der Waals surface area contributed by atoms with E-state index in [1.807, 2.05) is 37.3 Å². The SMILES string of the molecule is Cc1ccc(Cl)cc1Oc1cc(Br)ccc1CN. The highest BCUT2D eigenvalue weighted by atomic mass is 79.9. The second kappa shape index (κ2) is 5.74. The van der Waals surface area contributed by atoms with E-state index in [0.717, 1.165) is 27.1 Å². The molecule has 2 aromatic rings. The molecule has 0 amide bonds. The van der Waals surface area contributed by atoms with Crippen LogP contribution >= 0.6 is 27.5 Å². The first-order valence-corrected chi connectivity index (χ1v) is 6.70. The fourth-order valence-electron chi connectivity index (χ4n) is 1.59. The van der Waals surface area contributed by atoms with Crippen molar-refractivity contribution in [3.8, 4) is 11.5 Å². The van der Waals surface area contributed by atoms with E-state index < -0.39 is 0 Å². The fraction of sp³-hybridized carbons (Fsp3) is 0.143. The zero-order valence-corrected chi connectivity index (χ0v) is 12.3. The lowest BCUT2D eigenvalue weighted by molar-refractivity contribution is 0.472. The Hall–Kier alpha value is -1.03. The van der Waals surface area contributed by atoms with E-state index in [4.69, 9.17) is 22.1 Å². The molecule has 0 aliphatic heterocycles. The second-order valence-corrected chi connectivity index (χ2v) is 5.32. The third-order valence-electron chi connectivity index (χ3n) is 2.62. The largest absolute Gasteiger partial charge is 0.457 e. The van der Waals surface area contributed by atoms with Crippen LogP contribution in [0, 0.1) is 6.92 Å². The van der Waals surface area contributed by atoms with Crippen LogP contribution in [0.1, 0.15) is 11.1 Å². The summed E-state index contributed by atoms with van der Waals surface area (Å²) in [6, 6.07) is 11.4. The minimum absolute atomic E-state index is 0.433. The van der Waals surface area contributed by atoms with Crippen LogP contribution in [0.25, 0.3) is 0 Å². The highest BCUT2D eigenvalue weighted by Crippen LogP contribution is 2.31. The number of rotatable bonds is 3. The van der Waals surface area contributed by atoms with Crippen molar-refractivity contribution in [1.29, 1.82) is 0 Å². The molecular formula is C14H13BrClNO. The average molecular weight is 327 g/mol.